The van der Waals surface area contributed by atoms with E-state index in [0.29, 0.717) is 28.3 Å². The number of thiazole rings is 1. The smallest absolute Gasteiger partial charge is 0.276 e. The van der Waals surface area contributed by atoms with Gasteiger partial charge < -0.3 is 9.15 Å². The maximum Gasteiger partial charge on any atom is 0.276 e. The van der Waals surface area contributed by atoms with E-state index in [1.54, 1.807) is 24.5 Å². The first-order valence-electron chi connectivity index (χ1n) is 6.82. The Bertz CT molecular complexity index is 804. The van der Waals surface area contributed by atoms with E-state index in [9.17, 15) is 0 Å². The molecule has 0 atom stereocenters. The SMILES string of the molecule is COc1ccc(Cl)cc1CSc1nnc(Cc2csc(C)n2)o1. The third-order valence-electron chi connectivity index (χ3n) is 3.04. The Balaban J connectivity index is 1.64. The Morgan fingerprint density at radius 3 is 2.96 bits per heavy atom. The number of nitrogens with zero attached hydrogens (tertiary/aromatic N) is 3. The molecule has 8 heteroatoms. The van der Waals surface area contributed by atoms with Crippen LogP contribution in [-0.4, -0.2) is 22.3 Å². The van der Waals surface area contributed by atoms with E-state index in [0.717, 1.165) is 22.0 Å². The fourth-order valence-electron chi connectivity index (χ4n) is 2.01. The summed E-state index contributed by atoms with van der Waals surface area (Å²) in [6.07, 6.45) is 0.554. The third kappa shape index (κ3) is 4.25. The third-order valence-corrected chi connectivity index (χ3v) is 4.97. The first-order valence-corrected chi connectivity index (χ1v) is 9.07. The zero-order valence-electron chi connectivity index (χ0n) is 12.6. The molecule has 0 aliphatic heterocycles. The summed E-state index contributed by atoms with van der Waals surface area (Å²) in [5, 5.41) is 12.4. The number of thioether (sulfide) groups is 1. The van der Waals surface area contributed by atoms with Gasteiger partial charge in [0.2, 0.25) is 5.89 Å². The van der Waals surface area contributed by atoms with Crippen molar-refractivity contribution in [2.75, 3.05) is 7.11 Å². The van der Waals surface area contributed by atoms with Crippen molar-refractivity contribution in [2.45, 2.75) is 24.3 Å². The fraction of sp³-hybridized carbons (Fsp3) is 0.267. The van der Waals surface area contributed by atoms with Crippen LogP contribution in [0.1, 0.15) is 22.2 Å². The average Bonchev–Trinajstić information content (AvgIpc) is 3.15. The van der Waals surface area contributed by atoms with Crippen molar-refractivity contribution in [1.29, 1.82) is 0 Å². The van der Waals surface area contributed by atoms with Crippen LogP contribution in [0.2, 0.25) is 5.02 Å². The Hall–Kier alpha value is -1.57. The van der Waals surface area contributed by atoms with E-state index in [-0.39, 0.29) is 0 Å². The van der Waals surface area contributed by atoms with Gasteiger partial charge in [-0.05, 0) is 25.1 Å². The lowest BCUT2D eigenvalue weighted by molar-refractivity contribution is 0.410. The summed E-state index contributed by atoms with van der Waals surface area (Å²) in [6.45, 7) is 1.97. The second kappa shape index (κ2) is 7.33. The number of ether oxygens (including phenoxy) is 1. The Labute approximate surface area is 147 Å². The van der Waals surface area contributed by atoms with Gasteiger partial charge in [0, 0.05) is 21.7 Å². The molecule has 0 saturated heterocycles. The lowest BCUT2D eigenvalue weighted by Gasteiger charge is -2.07. The largest absolute Gasteiger partial charge is 0.496 e. The summed E-state index contributed by atoms with van der Waals surface area (Å²) in [6, 6.07) is 5.53. The van der Waals surface area contributed by atoms with Gasteiger partial charge in [0.15, 0.2) is 0 Å². The fourth-order valence-corrected chi connectivity index (χ4v) is 3.58. The van der Waals surface area contributed by atoms with E-state index < -0.39 is 0 Å². The highest BCUT2D eigenvalue weighted by atomic mass is 35.5. The molecule has 0 aliphatic carbocycles. The number of aryl methyl sites for hydroxylation is 1. The van der Waals surface area contributed by atoms with Crippen LogP contribution in [0.3, 0.4) is 0 Å². The maximum absolute atomic E-state index is 6.03. The van der Waals surface area contributed by atoms with Crippen LogP contribution < -0.4 is 4.74 Å². The van der Waals surface area contributed by atoms with Crippen molar-refractivity contribution >= 4 is 34.7 Å². The molecule has 0 saturated carbocycles. The van der Waals surface area contributed by atoms with Crippen LogP contribution in [0.25, 0.3) is 0 Å². The van der Waals surface area contributed by atoms with Crippen LogP contribution in [0.4, 0.5) is 0 Å². The molecule has 3 rings (SSSR count). The van der Waals surface area contributed by atoms with E-state index >= 15 is 0 Å². The number of hydrogen-bond acceptors (Lipinski definition) is 7. The molecule has 120 valence electrons. The van der Waals surface area contributed by atoms with E-state index in [4.69, 9.17) is 20.8 Å². The van der Waals surface area contributed by atoms with Gasteiger partial charge in [-0.1, -0.05) is 23.4 Å². The van der Waals surface area contributed by atoms with Crippen LogP contribution in [0.5, 0.6) is 5.75 Å². The number of benzene rings is 1. The highest BCUT2D eigenvalue weighted by Gasteiger charge is 2.11. The van der Waals surface area contributed by atoms with Crippen LogP contribution in [-0.2, 0) is 12.2 Å². The maximum atomic E-state index is 6.03. The Kier molecular flexibility index (Phi) is 5.20. The molecule has 23 heavy (non-hydrogen) atoms. The number of halogens is 1. The molecule has 0 spiro atoms. The first-order chi connectivity index (χ1) is 11.1. The van der Waals surface area contributed by atoms with Gasteiger partial charge in [0.25, 0.3) is 5.22 Å². The first kappa shape index (κ1) is 16.3. The normalized spacial score (nSPS) is 10.9. The van der Waals surface area contributed by atoms with Crippen molar-refractivity contribution < 1.29 is 9.15 Å². The van der Waals surface area contributed by atoms with Crippen molar-refractivity contribution in [2.24, 2.45) is 0 Å². The molecule has 1 aromatic carbocycles. The van der Waals surface area contributed by atoms with Crippen molar-refractivity contribution in [3.8, 4) is 5.75 Å². The molecule has 0 aliphatic rings. The minimum atomic E-state index is 0.522. The van der Waals surface area contributed by atoms with E-state index in [2.05, 4.69) is 15.2 Å². The highest BCUT2D eigenvalue weighted by Crippen LogP contribution is 2.29. The molecule has 0 amide bonds. The van der Waals surface area contributed by atoms with Gasteiger partial charge in [0.1, 0.15) is 5.75 Å². The molecule has 0 bridgehead atoms. The predicted molar refractivity (Wildman–Crippen MR) is 91.5 cm³/mol. The van der Waals surface area contributed by atoms with E-state index in [1.807, 2.05) is 24.4 Å². The van der Waals surface area contributed by atoms with Crippen molar-refractivity contribution in [1.82, 2.24) is 15.2 Å². The minimum Gasteiger partial charge on any atom is -0.496 e. The molecule has 0 radical (unpaired) electrons. The zero-order valence-corrected chi connectivity index (χ0v) is 15.0. The number of methoxy groups -OCH3 is 1. The second-order valence-corrected chi connectivity index (χ2v) is 7.17. The van der Waals surface area contributed by atoms with Gasteiger partial charge in [-0.3, -0.25) is 0 Å². The summed E-state index contributed by atoms with van der Waals surface area (Å²) in [5.41, 5.74) is 1.93. The number of aromatic nitrogens is 3. The molecule has 2 heterocycles. The van der Waals surface area contributed by atoms with Crippen LogP contribution in [0.15, 0.2) is 33.2 Å². The molecule has 5 nitrogen and oxygen atoms in total. The lowest BCUT2D eigenvalue weighted by Crippen LogP contribution is -1.90. The van der Waals surface area contributed by atoms with Gasteiger partial charge in [0.05, 0.1) is 24.2 Å². The van der Waals surface area contributed by atoms with Crippen molar-refractivity contribution in [3.05, 3.63) is 50.8 Å². The van der Waals surface area contributed by atoms with E-state index in [1.165, 1.54) is 11.8 Å². The summed E-state index contributed by atoms with van der Waals surface area (Å²) in [4.78, 5) is 4.39. The predicted octanol–water partition coefficient (Wildman–Crippen LogP) is 4.38. The zero-order chi connectivity index (χ0) is 16.2. The molecule has 0 fully saturated rings. The minimum absolute atomic E-state index is 0.522. The topological polar surface area (TPSA) is 61.0 Å². The van der Waals surface area contributed by atoms with Gasteiger partial charge in [-0.25, -0.2) is 4.98 Å². The number of rotatable bonds is 6. The standard InChI is InChI=1S/C15H14ClN3O2S2/c1-9-17-12(8-22-9)6-14-18-19-15(21-14)23-7-10-5-11(16)3-4-13(10)20-2/h3-5,8H,6-7H2,1-2H3. The molecular weight excluding hydrogens is 354 g/mol. The second-order valence-electron chi connectivity index (χ2n) is 4.74. The van der Waals surface area contributed by atoms with Gasteiger partial charge in [-0.15, -0.1) is 21.5 Å². The summed E-state index contributed by atoms with van der Waals surface area (Å²) >= 11 is 9.09. The van der Waals surface area contributed by atoms with Crippen LogP contribution in [0, 0.1) is 6.92 Å². The summed E-state index contributed by atoms with van der Waals surface area (Å²) in [7, 11) is 1.64. The summed E-state index contributed by atoms with van der Waals surface area (Å²) < 4.78 is 11.0. The lowest BCUT2D eigenvalue weighted by atomic mass is 10.2. The van der Waals surface area contributed by atoms with Crippen LogP contribution >= 0.6 is 34.7 Å². The Morgan fingerprint density at radius 1 is 1.35 bits per heavy atom. The molecule has 2 aromatic heterocycles. The average molecular weight is 368 g/mol. The summed E-state index contributed by atoms with van der Waals surface area (Å²) in [5.74, 6) is 2.00. The molecular formula is C15H14ClN3O2S2. The quantitative estimate of drug-likeness (QED) is 0.602. The highest BCUT2D eigenvalue weighted by molar-refractivity contribution is 7.98. The van der Waals surface area contributed by atoms with Gasteiger partial charge >= 0.3 is 0 Å². The number of hydrogen-bond donors (Lipinski definition) is 0. The Morgan fingerprint density at radius 2 is 2.22 bits per heavy atom. The van der Waals surface area contributed by atoms with Gasteiger partial charge in [-0.2, -0.15) is 0 Å². The molecule has 0 N–H and O–H groups in total. The van der Waals surface area contributed by atoms with Crippen molar-refractivity contribution in [3.63, 3.8) is 0 Å². The molecule has 3 aromatic rings. The monoisotopic (exact) mass is 367 g/mol. The molecule has 0 unspecified atom stereocenters.